The highest BCUT2D eigenvalue weighted by Gasteiger charge is 2.46. The molecule has 0 radical (unpaired) electrons. The maximum absolute atomic E-state index is 11.5. The summed E-state index contributed by atoms with van der Waals surface area (Å²) >= 11 is 0. The van der Waals surface area contributed by atoms with Crippen LogP contribution in [0.15, 0.2) is 22.8 Å². The van der Waals surface area contributed by atoms with Crippen molar-refractivity contribution >= 4 is 5.97 Å². The molecule has 1 fully saturated rings. The van der Waals surface area contributed by atoms with Crippen LogP contribution in [0.2, 0.25) is 0 Å². The van der Waals surface area contributed by atoms with Crippen LogP contribution in [0.4, 0.5) is 0 Å². The van der Waals surface area contributed by atoms with Gasteiger partial charge in [0, 0.05) is 0 Å². The summed E-state index contributed by atoms with van der Waals surface area (Å²) in [5, 5.41) is 9.43. The summed E-state index contributed by atoms with van der Waals surface area (Å²) in [5.41, 5.74) is -1.04. The lowest BCUT2D eigenvalue weighted by Crippen LogP contribution is -2.49. The first-order valence-corrected chi connectivity index (χ1v) is 6.05. The molecule has 1 N–H and O–H groups in total. The predicted molar refractivity (Wildman–Crippen MR) is 61.5 cm³/mol. The summed E-state index contributed by atoms with van der Waals surface area (Å²) in [6, 6.07) is 3.57. The van der Waals surface area contributed by atoms with Gasteiger partial charge in [0.15, 0.2) is 5.60 Å². The number of furan rings is 1. The van der Waals surface area contributed by atoms with Crippen LogP contribution in [0.3, 0.4) is 0 Å². The highest BCUT2D eigenvalue weighted by molar-refractivity contribution is 5.78. The number of carboxylic acids is 1. The minimum Gasteiger partial charge on any atom is -0.479 e. The standard InChI is InChI=1S/C13H18O4/c1-10-5-2-3-7-13(10,12(14)15)17-9-11-6-4-8-16-11/h4,6,8,10H,2-3,5,7,9H2,1H3,(H,14,15). The zero-order valence-corrected chi connectivity index (χ0v) is 10.0. The Morgan fingerprint density at radius 1 is 1.65 bits per heavy atom. The molecule has 2 unspecified atom stereocenters. The van der Waals surface area contributed by atoms with Crippen molar-refractivity contribution in [3.63, 3.8) is 0 Å². The Morgan fingerprint density at radius 2 is 2.47 bits per heavy atom. The van der Waals surface area contributed by atoms with E-state index in [-0.39, 0.29) is 12.5 Å². The molecule has 1 aliphatic carbocycles. The van der Waals surface area contributed by atoms with Gasteiger partial charge < -0.3 is 14.3 Å². The molecule has 0 spiro atoms. The van der Waals surface area contributed by atoms with Gasteiger partial charge in [0.05, 0.1) is 6.26 Å². The van der Waals surface area contributed by atoms with Crippen LogP contribution in [0, 0.1) is 5.92 Å². The Labute approximate surface area is 101 Å². The smallest absolute Gasteiger partial charge is 0.336 e. The van der Waals surface area contributed by atoms with Crippen LogP contribution in [0.5, 0.6) is 0 Å². The van der Waals surface area contributed by atoms with E-state index in [1.54, 1.807) is 18.4 Å². The van der Waals surface area contributed by atoms with Crippen molar-refractivity contribution < 1.29 is 19.1 Å². The summed E-state index contributed by atoms with van der Waals surface area (Å²) < 4.78 is 10.9. The van der Waals surface area contributed by atoms with E-state index in [0.29, 0.717) is 12.2 Å². The fraction of sp³-hybridized carbons (Fsp3) is 0.615. The van der Waals surface area contributed by atoms with E-state index in [1.165, 1.54) is 0 Å². The van der Waals surface area contributed by atoms with E-state index >= 15 is 0 Å². The molecule has 1 aromatic heterocycles. The van der Waals surface area contributed by atoms with Crippen LogP contribution >= 0.6 is 0 Å². The van der Waals surface area contributed by atoms with Crippen LogP contribution in [-0.4, -0.2) is 16.7 Å². The van der Waals surface area contributed by atoms with Gasteiger partial charge in [-0.25, -0.2) is 4.79 Å². The number of hydrogen-bond donors (Lipinski definition) is 1. The Morgan fingerprint density at radius 3 is 3.06 bits per heavy atom. The molecule has 0 aliphatic heterocycles. The van der Waals surface area contributed by atoms with Crippen molar-refractivity contribution in [3.8, 4) is 0 Å². The first-order valence-electron chi connectivity index (χ1n) is 6.05. The van der Waals surface area contributed by atoms with Crippen LogP contribution in [0.25, 0.3) is 0 Å². The molecule has 1 saturated carbocycles. The largest absolute Gasteiger partial charge is 0.479 e. The molecule has 4 heteroatoms. The third-order valence-electron chi connectivity index (χ3n) is 3.65. The minimum atomic E-state index is -1.04. The molecule has 17 heavy (non-hydrogen) atoms. The SMILES string of the molecule is CC1CCCCC1(OCc1ccco1)C(=O)O. The van der Waals surface area contributed by atoms with Crippen LogP contribution in [-0.2, 0) is 16.1 Å². The molecule has 1 aliphatic rings. The topological polar surface area (TPSA) is 59.7 Å². The van der Waals surface area contributed by atoms with Crippen molar-refractivity contribution in [2.75, 3.05) is 0 Å². The fourth-order valence-electron chi connectivity index (χ4n) is 2.51. The Kier molecular flexibility index (Phi) is 3.52. The van der Waals surface area contributed by atoms with Crippen molar-refractivity contribution in [2.24, 2.45) is 5.92 Å². The molecule has 0 bridgehead atoms. The number of aliphatic carboxylic acids is 1. The first kappa shape index (κ1) is 12.2. The summed E-state index contributed by atoms with van der Waals surface area (Å²) in [5.74, 6) is -0.136. The number of ether oxygens (including phenoxy) is 1. The zero-order valence-electron chi connectivity index (χ0n) is 10.0. The Hall–Kier alpha value is -1.29. The van der Waals surface area contributed by atoms with E-state index in [2.05, 4.69) is 0 Å². The monoisotopic (exact) mass is 238 g/mol. The first-order chi connectivity index (χ1) is 8.15. The normalized spacial score (nSPS) is 29.1. The maximum atomic E-state index is 11.5. The lowest BCUT2D eigenvalue weighted by Gasteiger charge is -2.38. The molecule has 1 aromatic rings. The number of hydrogen-bond acceptors (Lipinski definition) is 3. The second-order valence-electron chi connectivity index (χ2n) is 4.71. The van der Waals surface area contributed by atoms with Gasteiger partial charge in [-0.2, -0.15) is 0 Å². The van der Waals surface area contributed by atoms with Gasteiger partial charge in [0.1, 0.15) is 12.4 Å². The van der Waals surface area contributed by atoms with E-state index in [9.17, 15) is 9.90 Å². The number of carbonyl (C=O) groups is 1. The third kappa shape index (κ3) is 2.36. The molecule has 0 amide bonds. The Balaban J connectivity index is 2.08. The fourth-order valence-corrected chi connectivity index (χ4v) is 2.51. The van der Waals surface area contributed by atoms with Crippen LogP contribution in [0.1, 0.15) is 38.4 Å². The van der Waals surface area contributed by atoms with E-state index in [0.717, 1.165) is 19.3 Å². The van der Waals surface area contributed by atoms with E-state index in [4.69, 9.17) is 9.15 Å². The van der Waals surface area contributed by atoms with Gasteiger partial charge in [-0.15, -0.1) is 0 Å². The zero-order chi connectivity index (χ0) is 12.3. The average Bonchev–Trinajstić information content (AvgIpc) is 2.81. The number of carboxylic acid groups (broad SMARTS) is 1. The van der Waals surface area contributed by atoms with Crippen molar-refractivity contribution in [3.05, 3.63) is 24.2 Å². The summed E-state index contributed by atoms with van der Waals surface area (Å²) in [6.07, 6.45) is 5.06. The molecule has 2 atom stereocenters. The quantitative estimate of drug-likeness (QED) is 0.876. The predicted octanol–water partition coefficient (Wildman–Crippen LogP) is 2.83. The third-order valence-corrected chi connectivity index (χ3v) is 3.65. The van der Waals surface area contributed by atoms with Crippen molar-refractivity contribution in [2.45, 2.75) is 44.8 Å². The summed E-state index contributed by atoms with van der Waals surface area (Å²) in [4.78, 5) is 11.5. The number of rotatable bonds is 4. The highest BCUT2D eigenvalue weighted by atomic mass is 16.5. The Bertz CT molecular complexity index is 371. The highest BCUT2D eigenvalue weighted by Crippen LogP contribution is 2.37. The molecular formula is C13H18O4. The second-order valence-corrected chi connectivity index (χ2v) is 4.71. The van der Waals surface area contributed by atoms with Gasteiger partial charge in [0.25, 0.3) is 0 Å². The van der Waals surface area contributed by atoms with E-state index in [1.807, 2.05) is 6.92 Å². The lowest BCUT2D eigenvalue weighted by molar-refractivity contribution is -0.182. The molecule has 1 heterocycles. The molecule has 0 saturated heterocycles. The lowest BCUT2D eigenvalue weighted by atomic mass is 9.76. The molecule has 94 valence electrons. The van der Waals surface area contributed by atoms with Gasteiger partial charge in [-0.3, -0.25) is 0 Å². The van der Waals surface area contributed by atoms with Gasteiger partial charge in [-0.1, -0.05) is 13.3 Å². The molecule has 0 aromatic carbocycles. The minimum absolute atomic E-state index is 0.0451. The average molecular weight is 238 g/mol. The molecule has 4 nitrogen and oxygen atoms in total. The van der Waals surface area contributed by atoms with Gasteiger partial charge in [-0.05, 0) is 37.3 Å². The summed E-state index contributed by atoms with van der Waals surface area (Å²) in [6.45, 7) is 2.18. The summed E-state index contributed by atoms with van der Waals surface area (Å²) in [7, 11) is 0. The van der Waals surface area contributed by atoms with Crippen LogP contribution < -0.4 is 0 Å². The van der Waals surface area contributed by atoms with Crippen molar-refractivity contribution in [1.29, 1.82) is 0 Å². The van der Waals surface area contributed by atoms with Gasteiger partial charge in [0.2, 0.25) is 0 Å². The van der Waals surface area contributed by atoms with E-state index < -0.39 is 11.6 Å². The second kappa shape index (κ2) is 4.92. The molecule has 2 rings (SSSR count). The molecular weight excluding hydrogens is 220 g/mol. The van der Waals surface area contributed by atoms with Gasteiger partial charge >= 0.3 is 5.97 Å². The maximum Gasteiger partial charge on any atom is 0.336 e. The van der Waals surface area contributed by atoms with Crippen molar-refractivity contribution in [1.82, 2.24) is 0 Å².